The third-order valence-electron chi connectivity index (χ3n) is 2.58. The highest BCUT2D eigenvalue weighted by molar-refractivity contribution is 7.12. The summed E-state index contributed by atoms with van der Waals surface area (Å²) in [7, 11) is 0. The Morgan fingerprint density at radius 3 is 2.50 bits per heavy atom. The molecule has 0 saturated carbocycles. The number of nitrogens with zero attached hydrogens (tertiary/aromatic N) is 1. The van der Waals surface area contributed by atoms with E-state index in [2.05, 4.69) is 4.98 Å². The number of aryl methyl sites for hydroxylation is 3. The molecule has 0 aliphatic heterocycles. The molecular weight excluding hydrogens is 218 g/mol. The number of benzene rings is 1. The number of carbonyl (C=O) groups is 1. The van der Waals surface area contributed by atoms with Crippen LogP contribution in [0.2, 0.25) is 0 Å². The van der Waals surface area contributed by atoms with Crippen LogP contribution in [0.1, 0.15) is 32.2 Å². The predicted octanol–water partition coefficient (Wildman–Crippen LogP) is 3.30. The molecule has 2 aromatic rings. The highest BCUT2D eigenvalue weighted by atomic mass is 32.1. The molecular formula is C13H13NOS. The Kier molecular flexibility index (Phi) is 2.88. The first-order valence-electron chi connectivity index (χ1n) is 5.12. The molecule has 82 valence electrons. The van der Waals surface area contributed by atoms with Gasteiger partial charge in [0.2, 0.25) is 5.78 Å². The molecule has 0 aliphatic carbocycles. The maximum atomic E-state index is 12.1. The topological polar surface area (TPSA) is 30.0 Å². The fraction of sp³-hybridized carbons (Fsp3) is 0.231. The second-order valence-corrected chi connectivity index (χ2v) is 4.78. The third kappa shape index (κ3) is 2.04. The largest absolute Gasteiger partial charge is 0.286 e. The quantitative estimate of drug-likeness (QED) is 0.742. The molecule has 0 aliphatic rings. The van der Waals surface area contributed by atoms with Crippen molar-refractivity contribution in [3.05, 3.63) is 51.0 Å². The highest BCUT2D eigenvalue weighted by Crippen LogP contribution is 2.17. The summed E-state index contributed by atoms with van der Waals surface area (Å²) in [5.74, 6) is 0.0150. The van der Waals surface area contributed by atoms with Crippen molar-refractivity contribution in [3.63, 3.8) is 0 Å². The summed E-state index contributed by atoms with van der Waals surface area (Å²) >= 11 is 1.40. The van der Waals surface area contributed by atoms with Crippen LogP contribution < -0.4 is 0 Å². The third-order valence-corrected chi connectivity index (χ3v) is 3.54. The number of rotatable bonds is 2. The monoisotopic (exact) mass is 231 g/mol. The van der Waals surface area contributed by atoms with Crippen molar-refractivity contribution in [2.45, 2.75) is 20.8 Å². The van der Waals surface area contributed by atoms with Gasteiger partial charge >= 0.3 is 0 Å². The maximum absolute atomic E-state index is 12.1. The minimum absolute atomic E-state index is 0.0150. The molecule has 0 amide bonds. The van der Waals surface area contributed by atoms with Gasteiger partial charge in [-0.2, -0.15) is 0 Å². The van der Waals surface area contributed by atoms with Gasteiger partial charge in [-0.15, -0.1) is 11.3 Å². The smallest absolute Gasteiger partial charge is 0.221 e. The molecule has 2 rings (SSSR count). The van der Waals surface area contributed by atoms with Gasteiger partial charge in [-0.05, 0) is 38.0 Å². The van der Waals surface area contributed by atoms with E-state index in [1.165, 1.54) is 16.9 Å². The number of hydrogen-bond acceptors (Lipinski definition) is 3. The molecule has 0 spiro atoms. The molecule has 1 aromatic heterocycles. The summed E-state index contributed by atoms with van der Waals surface area (Å²) in [5, 5.41) is 2.47. The first kappa shape index (κ1) is 11.0. The summed E-state index contributed by atoms with van der Waals surface area (Å²) in [6.45, 7) is 5.95. The first-order chi connectivity index (χ1) is 7.58. The van der Waals surface area contributed by atoms with E-state index in [9.17, 15) is 4.79 Å². The van der Waals surface area contributed by atoms with E-state index >= 15 is 0 Å². The standard InChI is InChI=1S/C13H13NOS/c1-8-4-5-11(6-9(8)2)12(15)13-14-10(3)7-16-13/h4-7H,1-3H3. The highest BCUT2D eigenvalue weighted by Gasteiger charge is 2.12. The zero-order valence-electron chi connectivity index (χ0n) is 9.57. The molecule has 0 bridgehead atoms. The van der Waals surface area contributed by atoms with E-state index in [-0.39, 0.29) is 5.78 Å². The predicted molar refractivity (Wildman–Crippen MR) is 66.2 cm³/mol. The van der Waals surface area contributed by atoms with Gasteiger partial charge in [-0.1, -0.05) is 12.1 Å². The van der Waals surface area contributed by atoms with Gasteiger partial charge in [0, 0.05) is 16.6 Å². The zero-order valence-corrected chi connectivity index (χ0v) is 10.4. The number of hydrogen-bond donors (Lipinski definition) is 0. The number of aromatic nitrogens is 1. The van der Waals surface area contributed by atoms with Crippen molar-refractivity contribution < 1.29 is 4.79 Å². The second kappa shape index (κ2) is 4.18. The second-order valence-electron chi connectivity index (χ2n) is 3.92. The number of thiazole rings is 1. The van der Waals surface area contributed by atoms with Crippen molar-refractivity contribution in [1.82, 2.24) is 4.98 Å². The van der Waals surface area contributed by atoms with Crippen LogP contribution in [0, 0.1) is 20.8 Å². The van der Waals surface area contributed by atoms with Crippen LogP contribution in [-0.4, -0.2) is 10.8 Å². The Morgan fingerprint density at radius 2 is 1.94 bits per heavy atom. The van der Waals surface area contributed by atoms with Crippen LogP contribution >= 0.6 is 11.3 Å². The molecule has 1 aromatic carbocycles. The van der Waals surface area contributed by atoms with Crippen molar-refractivity contribution in [3.8, 4) is 0 Å². The average Bonchev–Trinajstić information content (AvgIpc) is 2.68. The fourth-order valence-electron chi connectivity index (χ4n) is 1.46. The molecule has 3 heteroatoms. The number of carbonyl (C=O) groups excluding carboxylic acids is 1. The molecule has 0 N–H and O–H groups in total. The SMILES string of the molecule is Cc1csc(C(=O)c2ccc(C)c(C)c2)n1. The molecule has 2 nitrogen and oxygen atoms in total. The Morgan fingerprint density at radius 1 is 1.19 bits per heavy atom. The van der Waals surface area contributed by atoms with Crippen LogP contribution in [0.5, 0.6) is 0 Å². The minimum Gasteiger partial charge on any atom is -0.286 e. The van der Waals surface area contributed by atoms with Gasteiger partial charge in [0.05, 0.1) is 0 Å². The fourth-order valence-corrected chi connectivity index (χ4v) is 2.22. The molecule has 1 heterocycles. The normalized spacial score (nSPS) is 10.4. The Hall–Kier alpha value is -1.48. The lowest BCUT2D eigenvalue weighted by atomic mass is 10.0. The summed E-state index contributed by atoms with van der Waals surface area (Å²) in [6.07, 6.45) is 0. The van der Waals surface area contributed by atoms with Crippen molar-refractivity contribution in [2.75, 3.05) is 0 Å². The lowest BCUT2D eigenvalue weighted by molar-refractivity contribution is 0.103. The van der Waals surface area contributed by atoms with E-state index < -0.39 is 0 Å². The van der Waals surface area contributed by atoms with Crippen LogP contribution in [-0.2, 0) is 0 Å². The Balaban J connectivity index is 2.38. The van der Waals surface area contributed by atoms with Gasteiger partial charge in [0.15, 0.2) is 5.01 Å². The van der Waals surface area contributed by atoms with Crippen molar-refractivity contribution in [2.24, 2.45) is 0 Å². The van der Waals surface area contributed by atoms with Crippen LogP contribution in [0.15, 0.2) is 23.6 Å². The van der Waals surface area contributed by atoms with E-state index in [0.29, 0.717) is 5.01 Å². The Labute approximate surface area is 99.0 Å². The molecule has 0 radical (unpaired) electrons. The maximum Gasteiger partial charge on any atom is 0.221 e. The van der Waals surface area contributed by atoms with E-state index in [0.717, 1.165) is 16.8 Å². The zero-order chi connectivity index (χ0) is 11.7. The molecule has 16 heavy (non-hydrogen) atoms. The summed E-state index contributed by atoms with van der Waals surface area (Å²) in [6, 6.07) is 5.76. The Bertz CT molecular complexity index is 543. The van der Waals surface area contributed by atoms with Crippen LogP contribution in [0.25, 0.3) is 0 Å². The van der Waals surface area contributed by atoms with Gasteiger partial charge in [-0.3, -0.25) is 4.79 Å². The first-order valence-corrected chi connectivity index (χ1v) is 6.00. The van der Waals surface area contributed by atoms with Crippen LogP contribution in [0.4, 0.5) is 0 Å². The van der Waals surface area contributed by atoms with E-state index in [1.807, 2.05) is 44.4 Å². The van der Waals surface area contributed by atoms with Gasteiger partial charge < -0.3 is 0 Å². The average molecular weight is 231 g/mol. The minimum atomic E-state index is 0.0150. The number of ketones is 1. The molecule has 0 atom stereocenters. The van der Waals surface area contributed by atoms with Crippen molar-refractivity contribution in [1.29, 1.82) is 0 Å². The van der Waals surface area contributed by atoms with Gasteiger partial charge in [-0.25, -0.2) is 4.98 Å². The summed E-state index contributed by atoms with van der Waals surface area (Å²) in [5.41, 5.74) is 3.96. The van der Waals surface area contributed by atoms with E-state index in [1.54, 1.807) is 0 Å². The summed E-state index contributed by atoms with van der Waals surface area (Å²) < 4.78 is 0. The van der Waals surface area contributed by atoms with Crippen LogP contribution in [0.3, 0.4) is 0 Å². The van der Waals surface area contributed by atoms with E-state index in [4.69, 9.17) is 0 Å². The van der Waals surface area contributed by atoms with Gasteiger partial charge in [0.1, 0.15) is 0 Å². The molecule has 0 saturated heterocycles. The van der Waals surface area contributed by atoms with Crippen molar-refractivity contribution >= 4 is 17.1 Å². The molecule has 0 fully saturated rings. The lowest BCUT2D eigenvalue weighted by Gasteiger charge is -2.02. The van der Waals surface area contributed by atoms with Gasteiger partial charge in [0.25, 0.3) is 0 Å². The lowest BCUT2D eigenvalue weighted by Crippen LogP contribution is -2.01. The summed E-state index contributed by atoms with van der Waals surface area (Å²) in [4.78, 5) is 16.3. The molecule has 0 unspecified atom stereocenters.